The van der Waals surface area contributed by atoms with Crippen LogP contribution >= 0.6 is 11.6 Å². The molecule has 106 valence electrons. The van der Waals surface area contributed by atoms with Crippen molar-refractivity contribution >= 4 is 11.6 Å². The lowest BCUT2D eigenvalue weighted by Gasteiger charge is -2.18. The number of benzene rings is 2. The molecule has 2 aromatic rings. The van der Waals surface area contributed by atoms with Crippen molar-refractivity contribution in [2.75, 3.05) is 14.2 Å². The first kappa shape index (κ1) is 14.8. The van der Waals surface area contributed by atoms with E-state index in [9.17, 15) is 4.39 Å². The quantitative estimate of drug-likeness (QED) is 0.900. The molecule has 2 nitrogen and oxygen atoms in total. The van der Waals surface area contributed by atoms with Crippen LogP contribution in [0.4, 0.5) is 4.39 Å². The summed E-state index contributed by atoms with van der Waals surface area (Å²) in [6.45, 7) is 0. The Balaban J connectivity index is 2.24. The second-order valence-electron chi connectivity index (χ2n) is 4.56. The summed E-state index contributed by atoms with van der Waals surface area (Å²) in [6, 6.07) is 12.4. The fraction of sp³-hybridized carbons (Fsp3) is 0.250. The SMILES string of the molecule is CNC(Cc1cccc(Cl)c1)c1ccc(OC)cc1F. The van der Waals surface area contributed by atoms with Gasteiger partial charge in [0.25, 0.3) is 0 Å². The third-order valence-corrected chi connectivity index (χ3v) is 3.50. The molecular weight excluding hydrogens is 277 g/mol. The van der Waals surface area contributed by atoms with Gasteiger partial charge in [0.1, 0.15) is 11.6 Å². The predicted molar refractivity (Wildman–Crippen MR) is 79.9 cm³/mol. The summed E-state index contributed by atoms with van der Waals surface area (Å²) in [5, 5.41) is 3.83. The van der Waals surface area contributed by atoms with Crippen LogP contribution in [-0.2, 0) is 6.42 Å². The molecule has 4 heteroatoms. The molecule has 0 aliphatic rings. The van der Waals surface area contributed by atoms with Gasteiger partial charge in [0, 0.05) is 22.7 Å². The second-order valence-corrected chi connectivity index (χ2v) is 5.00. The molecule has 20 heavy (non-hydrogen) atoms. The van der Waals surface area contributed by atoms with E-state index in [2.05, 4.69) is 5.32 Å². The topological polar surface area (TPSA) is 21.3 Å². The molecule has 0 aromatic heterocycles. The highest BCUT2D eigenvalue weighted by Crippen LogP contribution is 2.25. The molecule has 1 atom stereocenters. The van der Waals surface area contributed by atoms with E-state index in [0.717, 1.165) is 5.56 Å². The summed E-state index contributed by atoms with van der Waals surface area (Å²) in [7, 11) is 3.34. The minimum atomic E-state index is -0.272. The lowest BCUT2D eigenvalue weighted by Crippen LogP contribution is -2.20. The Bertz CT molecular complexity index is 588. The van der Waals surface area contributed by atoms with Crippen LogP contribution in [0.5, 0.6) is 5.75 Å². The van der Waals surface area contributed by atoms with Crippen LogP contribution in [0.3, 0.4) is 0 Å². The average molecular weight is 294 g/mol. The minimum Gasteiger partial charge on any atom is -0.497 e. The molecule has 2 aromatic carbocycles. The largest absolute Gasteiger partial charge is 0.497 e. The third kappa shape index (κ3) is 3.50. The number of hydrogen-bond donors (Lipinski definition) is 1. The van der Waals surface area contributed by atoms with E-state index in [1.165, 1.54) is 13.2 Å². The molecule has 0 bridgehead atoms. The molecule has 0 aliphatic carbocycles. The highest BCUT2D eigenvalue weighted by atomic mass is 35.5. The summed E-state index contributed by atoms with van der Waals surface area (Å²) in [5.74, 6) is 0.245. The molecule has 1 unspecified atom stereocenters. The Morgan fingerprint density at radius 2 is 2.05 bits per heavy atom. The normalized spacial score (nSPS) is 12.2. The van der Waals surface area contributed by atoms with Crippen LogP contribution in [0.2, 0.25) is 5.02 Å². The summed E-state index contributed by atoms with van der Waals surface area (Å²) in [6.07, 6.45) is 0.667. The van der Waals surface area contributed by atoms with Gasteiger partial charge in [-0.05, 0) is 37.2 Å². The molecule has 0 heterocycles. The van der Waals surface area contributed by atoms with Crippen molar-refractivity contribution in [3.05, 3.63) is 64.4 Å². The number of methoxy groups -OCH3 is 1. The van der Waals surface area contributed by atoms with Crippen molar-refractivity contribution in [3.63, 3.8) is 0 Å². The van der Waals surface area contributed by atoms with Crippen molar-refractivity contribution < 1.29 is 9.13 Å². The Kier molecular flexibility index (Phi) is 4.99. The Hall–Kier alpha value is -1.58. The summed E-state index contributed by atoms with van der Waals surface area (Å²) in [4.78, 5) is 0. The number of halogens is 2. The van der Waals surface area contributed by atoms with Gasteiger partial charge in [0.05, 0.1) is 7.11 Å². The molecule has 0 fully saturated rings. The van der Waals surface area contributed by atoms with Crippen LogP contribution in [0.1, 0.15) is 17.2 Å². The van der Waals surface area contributed by atoms with E-state index in [0.29, 0.717) is 22.8 Å². The average Bonchev–Trinajstić information content (AvgIpc) is 2.45. The zero-order valence-electron chi connectivity index (χ0n) is 11.5. The first-order valence-corrected chi connectivity index (χ1v) is 6.77. The molecule has 2 rings (SSSR count). The Morgan fingerprint density at radius 1 is 1.25 bits per heavy atom. The minimum absolute atomic E-state index is 0.112. The standard InChI is InChI=1S/C16H17ClFNO/c1-19-16(9-11-4-3-5-12(17)8-11)14-7-6-13(20-2)10-15(14)18/h3-8,10,16,19H,9H2,1-2H3. The Labute approximate surface area is 123 Å². The van der Waals surface area contributed by atoms with Gasteiger partial charge in [-0.1, -0.05) is 29.8 Å². The lowest BCUT2D eigenvalue weighted by molar-refractivity contribution is 0.409. The van der Waals surface area contributed by atoms with E-state index < -0.39 is 0 Å². The first-order valence-electron chi connectivity index (χ1n) is 6.39. The third-order valence-electron chi connectivity index (χ3n) is 3.26. The molecule has 0 saturated carbocycles. The van der Waals surface area contributed by atoms with Crippen LogP contribution in [-0.4, -0.2) is 14.2 Å². The molecule has 0 spiro atoms. The van der Waals surface area contributed by atoms with Gasteiger partial charge < -0.3 is 10.1 Å². The number of rotatable bonds is 5. The van der Waals surface area contributed by atoms with Gasteiger partial charge >= 0.3 is 0 Å². The van der Waals surface area contributed by atoms with E-state index in [1.54, 1.807) is 12.1 Å². The molecule has 1 N–H and O–H groups in total. The second kappa shape index (κ2) is 6.73. The van der Waals surface area contributed by atoms with Crippen LogP contribution in [0.15, 0.2) is 42.5 Å². The number of likely N-dealkylation sites (N-methyl/N-ethyl adjacent to an activating group) is 1. The zero-order valence-corrected chi connectivity index (χ0v) is 12.2. The van der Waals surface area contributed by atoms with Crippen molar-refractivity contribution in [2.24, 2.45) is 0 Å². The van der Waals surface area contributed by atoms with Crippen molar-refractivity contribution in [3.8, 4) is 5.75 Å². The van der Waals surface area contributed by atoms with Crippen LogP contribution in [0, 0.1) is 5.82 Å². The molecule has 0 radical (unpaired) electrons. The number of nitrogens with one attached hydrogen (secondary N) is 1. The van der Waals surface area contributed by atoms with Crippen LogP contribution < -0.4 is 10.1 Å². The van der Waals surface area contributed by atoms with Gasteiger partial charge in [0.2, 0.25) is 0 Å². The van der Waals surface area contributed by atoms with Crippen LogP contribution in [0.25, 0.3) is 0 Å². The molecule has 0 aliphatic heterocycles. The first-order chi connectivity index (χ1) is 9.63. The van der Waals surface area contributed by atoms with Gasteiger partial charge in [-0.2, -0.15) is 0 Å². The van der Waals surface area contributed by atoms with Gasteiger partial charge in [0.15, 0.2) is 0 Å². The predicted octanol–water partition coefficient (Wildman–Crippen LogP) is 3.99. The van der Waals surface area contributed by atoms with E-state index in [4.69, 9.17) is 16.3 Å². The van der Waals surface area contributed by atoms with Gasteiger partial charge in [-0.3, -0.25) is 0 Å². The maximum absolute atomic E-state index is 14.1. The van der Waals surface area contributed by atoms with Crippen molar-refractivity contribution in [1.82, 2.24) is 5.32 Å². The van der Waals surface area contributed by atoms with E-state index in [-0.39, 0.29) is 11.9 Å². The lowest BCUT2D eigenvalue weighted by atomic mass is 9.98. The van der Waals surface area contributed by atoms with Gasteiger partial charge in [-0.25, -0.2) is 4.39 Å². The summed E-state index contributed by atoms with van der Waals surface area (Å²) in [5.41, 5.74) is 1.68. The fourth-order valence-electron chi connectivity index (χ4n) is 2.18. The fourth-order valence-corrected chi connectivity index (χ4v) is 2.40. The van der Waals surface area contributed by atoms with Crippen molar-refractivity contribution in [2.45, 2.75) is 12.5 Å². The zero-order chi connectivity index (χ0) is 14.5. The maximum Gasteiger partial charge on any atom is 0.131 e. The number of ether oxygens (including phenoxy) is 1. The monoisotopic (exact) mass is 293 g/mol. The smallest absolute Gasteiger partial charge is 0.131 e. The maximum atomic E-state index is 14.1. The Morgan fingerprint density at radius 3 is 2.65 bits per heavy atom. The highest BCUT2D eigenvalue weighted by Gasteiger charge is 2.15. The van der Waals surface area contributed by atoms with E-state index in [1.807, 2.05) is 31.3 Å². The summed E-state index contributed by atoms with van der Waals surface area (Å²) >= 11 is 5.98. The molecular formula is C16H17ClFNO. The molecule has 0 amide bonds. The van der Waals surface area contributed by atoms with Gasteiger partial charge in [-0.15, -0.1) is 0 Å². The summed E-state index contributed by atoms with van der Waals surface area (Å²) < 4.78 is 19.1. The number of hydrogen-bond acceptors (Lipinski definition) is 2. The van der Waals surface area contributed by atoms with Crippen molar-refractivity contribution in [1.29, 1.82) is 0 Å². The molecule has 0 saturated heterocycles. The van der Waals surface area contributed by atoms with E-state index >= 15 is 0 Å². The highest BCUT2D eigenvalue weighted by molar-refractivity contribution is 6.30.